The number of rotatable bonds is 5. The van der Waals surface area contributed by atoms with Gasteiger partial charge in [-0.2, -0.15) is 13.2 Å². The fraction of sp³-hybridized carbons (Fsp3) is 0.421. The van der Waals surface area contributed by atoms with Crippen molar-refractivity contribution >= 4 is 5.91 Å². The first kappa shape index (κ1) is 20.1. The molecule has 1 fully saturated rings. The van der Waals surface area contributed by atoms with E-state index in [0.29, 0.717) is 30.4 Å². The Hall–Kier alpha value is -2.68. The number of amides is 1. The lowest BCUT2D eigenvalue weighted by Crippen LogP contribution is -2.36. The number of carbonyl (C=O) groups excluding carboxylic acids is 1. The van der Waals surface area contributed by atoms with Gasteiger partial charge in [-0.15, -0.1) is 0 Å². The molecule has 0 bridgehead atoms. The van der Waals surface area contributed by atoms with E-state index in [1.807, 2.05) is 6.92 Å². The third kappa shape index (κ3) is 4.41. The first-order chi connectivity index (χ1) is 13.3. The molecule has 1 aliphatic rings. The molecule has 3 atom stereocenters. The second-order valence-electron chi connectivity index (χ2n) is 6.68. The van der Waals surface area contributed by atoms with Crippen LogP contribution in [0.25, 0.3) is 0 Å². The first-order valence-electron chi connectivity index (χ1n) is 8.84. The number of hydrogen-bond donors (Lipinski definition) is 2. The van der Waals surface area contributed by atoms with Crippen molar-refractivity contribution in [3.63, 3.8) is 0 Å². The number of pyridine rings is 2. The minimum Gasteiger partial charge on any atom is -0.481 e. The summed E-state index contributed by atoms with van der Waals surface area (Å²) in [7, 11) is 1.52. The van der Waals surface area contributed by atoms with Crippen LogP contribution in [0.1, 0.15) is 35.8 Å². The Balaban J connectivity index is 1.70. The molecule has 150 valence electrons. The molecular formula is C19H21F3N4O2. The standard InChI is InChI=1S/C19H21F3N4O2/c1-11(15-4-3-5-17(26-15)28-2)25-18(27)14-10-23-9-13(14)16-7-6-12(8-24-16)19(20,21)22/h3-8,11,13-14,23H,9-10H2,1-2H3,(H,25,27)/t11-,13+,14+/m0/s1. The molecule has 0 aromatic carbocycles. The van der Waals surface area contributed by atoms with Gasteiger partial charge in [-0.25, -0.2) is 4.98 Å². The molecule has 0 aliphatic carbocycles. The maximum absolute atomic E-state index is 12.8. The number of alkyl halides is 3. The van der Waals surface area contributed by atoms with Gasteiger partial charge in [0.05, 0.1) is 30.3 Å². The topological polar surface area (TPSA) is 76.1 Å². The number of halogens is 3. The highest BCUT2D eigenvalue weighted by Gasteiger charge is 2.36. The van der Waals surface area contributed by atoms with Crippen LogP contribution < -0.4 is 15.4 Å². The highest BCUT2D eigenvalue weighted by atomic mass is 19.4. The highest BCUT2D eigenvalue weighted by molar-refractivity contribution is 5.80. The zero-order valence-corrected chi connectivity index (χ0v) is 15.5. The van der Waals surface area contributed by atoms with Gasteiger partial charge in [0.1, 0.15) is 0 Å². The van der Waals surface area contributed by atoms with E-state index in [1.165, 1.54) is 13.2 Å². The summed E-state index contributed by atoms with van der Waals surface area (Å²) in [5.74, 6) is -0.480. The number of aromatic nitrogens is 2. The molecule has 28 heavy (non-hydrogen) atoms. The monoisotopic (exact) mass is 394 g/mol. The predicted molar refractivity (Wildman–Crippen MR) is 95.7 cm³/mol. The molecule has 1 amide bonds. The van der Waals surface area contributed by atoms with Crippen molar-refractivity contribution in [3.05, 3.63) is 53.5 Å². The largest absolute Gasteiger partial charge is 0.481 e. The summed E-state index contributed by atoms with van der Waals surface area (Å²) < 4.78 is 43.3. The molecule has 9 heteroatoms. The van der Waals surface area contributed by atoms with Gasteiger partial charge in [0, 0.05) is 37.0 Å². The van der Waals surface area contributed by atoms with E-state index in [0.717, 1.165) is 12.3 Å². The van der Waals surface area contributed by atoms with Crippen LogP contribution in [-0.4, -0.2) is 36.1 Å². The summed E-state index contributed by atoms with van der Waals surface area (Å²) in [5, 5.41) is 6.04. The fourth-order valence-electron chi connectivity index (χ4n) is 3.24. The Morgan fingerprint density at radius 2 is 2.07 bits per heavy atom. The van der Waals surface area contributed by atoms with Crippen LogP contribution in [0.2, 0.25) is 0 Å². The molecule has 0 unspecified atom stereocenters. The third-order valence-corrected chi connectivity index (χ3v) is 4.80. The van der Waals surface area contributed by atoms with Gasteiger partial charge < -0.3 is 15.4 Å². The molecule has 1 saturated heterocycles. The first-order valence-corrected chi connectivity index (χ1v) is 8.84. The highest BCUT2D eigenvalue weighted by Crippen LogP contribution is 2.32. The lowest BCUT2D eigenvalue weighted by molar-refractivity contribution is -0.137. The van der Waals surface area contributed by atoms with Gasteiger partial charge >= 0.3 is 6.18 Å². The Morgan fingerprint density at radius 1 is 1.29 bits per heavy atom. The average Bonchev–Trinajstić information content (AvgIpc) is 3.17. The van der Waals surface area contributed by atoms with Gasteiger partial charge in [0.2, 0.25) is 11.8 Å². The van der Waals surface area contributed by atoms with Gasteiger partial charge in [0.15, 0.2) is 0 Å². The number of carbonyl (C=O) groups is 1. The van der Waals surface area contributed by atoms with E-state index >= 15 is 0 Å². The second-order valence-corrected chi connectivity index (χ2v) is 6.68. The minimum atomic E-state index is -4.44. The van der Waals surface area contributed by atoms with E-state index in [4.69, 9.17) is 4.74 Å². The van der Waals surface area contributed by atoms with Crippen LogP contribution >= 0.6 is 0 Å². The summed E-state index contributed by atoms with van der Waals surface area (Å²) in [6, 6.07) is 7.28. The predicted octanol–water partition coefficient (Wildman–Crippen LogP) is 2.68. The second kappa shape index (κ2) is 8.14. The molecule has 0 radical (unpaired) electrons. The van der Waals surface area contributed by atoms with E-state index < -0.39 is 17.7 Å². The van der Waals surface area contributed by atoms with Crippen molar-refractivity contribution in [3.8, 4) is 5.88 Å². The van der Waals surface area contributed by atoms with Crippen LogP contribution in [0, 0.1) is 5.92 Å². The maximum atomic E-state index is 12.8. The van der Waals surface area contributed by atoms with Gasteiger partial charge in [0.25, 0.3) is 0 Å². The summed E-state index contributed by atoms with van der Waals surface area (Å²) in [4.78, 5) is 21.0. The van der Waals surface area contributed by atoms with Gasteiger partial charge in [-0.3, -0.25) is 9.78 Å². The van der Waals surface area contributed by atoms with Crippen molar-refractivity contribution in [2.75, 3.05) is 20.2 Å². The molecule has 3 heterocycles. The number of nitrogens with one attached hydrogen (secondary N) is 2. The number of ether oxygens (including phenoxy) is 1. The molecule has 0 spiro atoms. The van der Waals surface area contributed by atoms with Crippen LogP contribution in [0.3, 0.4) is 0 Å². The molecule has 0 saturated carbocycles. The number of hydrogen-bond acceptors (Lipinski definition) is 5. The molecule has 1 aliphatic heterocycles. The maximum Gasteiger partial charge on any atom is 0.417 e. The molecular weight excluding hydrogens is 373 g/mol. The third-order valence-electron chi connectivity index (χ3n) is 4.80. The Bertz CT molecular complexity index is 827. The van der Waals surface area contributed by atoms with Crippen molar-refractivity contribution < 1.29 is 22.7 Å². The zero-order valence-electron chi connectivity index (χ0n) is 15.5. The lowest BCUT2D eigenvalue weighted by Gasteiger charge is -2.21. The lowest BCUT2D eigenvalue weighted by atomic mass is 9.91. The molecule has 2 N–H and O–H groups in total. The van der Waals surface area contributed by atoms with E-state index in [-0.39, 0.29) is 17.9 Å². The van der Waals surface area contributed by atoms with Gasteiger partial charge in [-0.1, -0.05) is 6.07 Å². The summed E-state index contributed by atoms with van der Waals surface area (Å²) in [6.07, 6.45) is -3.62. The molecule has 2 aromatic rings. The van der Waals surface area contributed by atoms with E-state index in [1.54, 1.807) is 18.2 Å². The van der Waals surface area contributed by atoms with Crippen LogP contribution in [-0.2, 0) is 11.0 Å². The van der Waals surface area contributed by atoms with Gasteiger partial charge in [-0.05, 0) is 25.1 Å². The Morgan fingerprint density at radius 3 is 2.71 bits per heavy atom. The average molecular weight is 394 g/mol. The smallest absolute Gasteiger partial charge is 0.417 e. The molecule has 2 aromatic heterocycles. The van der Waals surface area contributed by atoms with E-state index in [2.05, 4.69) is 20.6 Å². The summed E-state index contributed by atoms with van der Waals surface area (Å²) >= 11 is 0. The van der Waals surface area contributed by atoms with E-state index in [9.17, 15) is 18.0 Å². The van der Waals surface area contributed by atoms with Crippen molar-refractivity contribution in [1.29, 1.82) is 0 Å². The fourth-order valence-corrected chi connectivity index (χ4v) is 3.24. The zero-order chi connectivity index (χ0) is 20.3. The van der Waals surface area contributed by atoms with Crippen molar-refractivity contribution in [1.82, 2.24) is 20.6 Å². The quantitative estimate of drug-likeness (QED) is 0.816. The van der Waals surface area contributed by atoms with Crippen molar-refractivity contribution in [2.24, 2.45) is 5.92 Å². The van der Waals surface area contributed by atoms with Crippen LogP contribution in [0.4, 0.5) is 13.2 Å². The minimum absolute atomic E-state index is 0.200. The van der Waals surface area contributed by atoms with Crippen LogP contribution in [0.5, 0.6) is 5.88 Å². The number of nitrogens with zero attached hydrogens (tertiary/aromatic N) is 2. The number of methoxy groups -OCH3 is 1. The van der Waals surface area contributed by atoms with Crippen molar-refractivity contribution in [2.45, 2.75) is 25.1 Å². The molecule has 6 nitrogen and oxygen atoms in total. The van der Waals surface area contributed by atoms with Crippen LogP contribution in [0.15, 0.2) is 36.5 Å². The Labute approximate surface area is 160 Å². The summed E-state index contributed by atoms with van der Waals surface area (Å²) in [6.45, 7) is 2.72. The normalized spacial score (nSPS) is 20.6. The summed E-state index contributed by atoms with van der Waals surface area (Å²) in [5.41, 5.74) is 0.314. The molecule has 3 rings (SSSR count). The SMILES string of the molecule is COc1cccc([C@H](C)NC(=O)[C@@H]2CNC[C@H]2c2ccc(C(F)(F)F)cn2)n1. The Kier molecular flexibility index (Phi) is 5.83.